The molecule has 2 aromatic carbocycles. The molecular formula is C23H29N5O4S. The van der Waals surface area contributed by atoms with Gasteiger partial charge >= 0.3 is 6.01 Å². The predicted molar refractivity (Wildman–Crippen MR) is 126 cm³/mol. The third-order valence-electron chi connectivity index (χ3n) is 5.71. The Labute approximate surface area is 194 Å². The summed E-state index contributed by atoms with van der Waals surface area (Å²) < 4.78 is 42.1. The fourth-order valence-corrected chi connectivity index (χ4v) is 5.35. The highest BCUT2D eigenvalue weighted by Gasteiger charge is 2.26. The second kappa shape index (κ2) is 9.40. The number of sulfonamides is 1. The van der Waals surface area contributed by atoms with Crippen molar-refractivity contribution in [1.82, 2.24) is 19.5 Å². The van der Waals surface area contributed by atoms with Gasteiger partial charge in [0.15, 0.2) is 5.82 Å². The molecule has 1 atom stereocenters. The van der Waals surface area contributed by atoms with E-state index in [1.54, 1.807) is 23.6 Å². The number of methoxy groups -OCH3 is 1. The molecule has 0 bridgehead atoms. The summed E-state index contributed by atoms with van der Waals surface area (Å²) in [7, 11) is -2.42. The van der Waals surface area contributed by atoms with Crippen LogP contribution in [-0.4, -0.2) is 36.8 Å². The van der Waals surface area contributed by atoms with Gasteiger partial charge in [-0.3, -0.25) is 4.57 Å². The topological polar surface area (TPSA) is 107 Å². The number of fused-ring (bicyclic) bond motifs is 1. The molecule has 3 aromatic rings. The van der Waals surface area contributed by atoms with Crippen molar-refractivity contribution in [2.24, 2.45) is 0 Å². The van der Waals surface area contributed by atoms with E-state index in [1.165, 1.54) is 12.7 Å². The molecule has 0 saturated carbocycles. The standard InChI is InChI=1S/C23H29N5O4S/c1-5-16-7-10-20(31-4)21(13-16)33(29,30)27-15(3)22-25-26-23(28(22)6-2)32-18-9-8-17-11-12-24-19(17)14-18/h7-10,13-15,24,27H,5-6,11-12H2,1-4H3/t15-/m1/s1. The maximum absolute atomic E-state index is 13.2. The zero-order valence-corrected chi connectivity index (χ0v) is 20.1. The Morgan fingerprint density at radius 3 is 2.73 bits per heavy atom. The molecule has 0 radical (unpaired) electrons. The lowest BCUT2D eigenvalue weighted by molar-refractivity contribution is 0.401. The number of rotatable bonds is 9. The van der Waals surface area contributed by atoms with E-state index in [9.17, 15) is 8.42 Å². The summed E-state index contributed by atoms with van der Waals surface area (Å²) in [5, 5.41) is 11.7. The Bertz CT molecular complexity index is 1260. The van der Waals surface area contributed by atoms with Crippen molar-refractivity contribution < 1.29 is 17.9 Å². The van der Waals surface area contributed by atoms with Gasteiger partial charge in [-0.25, -0.2) is 13.1 Å². The molecule has 0 spiro atoms. The van der Waals surface area contributed by atoms with Gasteiger partial charge in [-0.05, 0) is 56.0 Å². The van der Waals surface area contributed by atoms with E-state index >= 15 is 0 Å². The fraction of sp³-hybridized carbons (Fsp3) is 0.391. The van der Waals surface area contributed by atoms with Gasteiger partial charge < -0.3 is 14.8 Å². The molecule has 9 nitrogen and oxygen atoms in total. The van der Waals surface area contributed by atoms with Gasteiger partial charge in [-0.15, -0.1) is 5.10 Å². The lowest BCUT2D eigenvalue weighted by atomic mass is 10.2. The molecule has 176 valence electrons. The summed E-state index contributed by atoms with van der Waals surface area (Å²) in [4.78, 5) is 0.0980. The van der Waals surface area contributed by atoms with Crippen LogP contribution in [0.4, 0.5) is 5.69 Å². The molecule has 33 heavy (non-hydrogen) atoms. The summed E-state index contributed by atoms with van der Waals surface area (Å²) in [6, 6.07) is 10.7. The Hall–Kier alpha value is -3.11. The van der Waals surface area contributed by atoms with Crippen LogP contribution in [0.5, 0.6) is 17.5 Å². The average molecular weight is 472 g/mol. The Balaban J connectivity index is 1.58. The normalized spacial score (nSPS) is 13.9. The van der Waals surface area contributed by atoms with Crippen LogP contribution in [-0.2, 0) is 29.4 Å². The molecule has 2 heterocycles. The molecule has 1 aliphatic heterocycles. The summed E-state index contributed by atoms with van der Waals surface area (Å²) >= 11 is 0. The number of hydrogen-bond acceptors (Lipinski definition) is 7. The maximum atomic E-state index is 13.2. The van der Waals surface area contributed by atoms with Crippen molar-refractivity contribution in [3.05, 3.63) is 53.3 Å². The molecule has 1 aromatic heterocycles. The molecule has 0 amide bonds. The highest BCUT2D eigenvalue weighted by atomic mass is 32.2. The van der Waals surface area contributed by atoms with Gasteiger partial charge in [-0.1, -0.05) is 24.2 Å². The number of aryl methyl sites for hydroxylation is 1. The average Bonchev–Trinajstić information content (AvgIpc) is 3.44. The summed E-state index contributed by atoms with van der Waals surface area (Å²) in [5.41, 5.74) is 3.21. The van der Waals surface area contributed by atoms with Crippen LogP contribution >= 0.6 is 0 Å². The van der Waals surface area contributed by atoms with Gasteiger partial charge in [0.2, 0.25) is 10.0 Å². The first-order valence-corrected chi connectivity index (χ1v) is 12.5. The number of nitrogens with zero attached hydrogens (tertiary/aromatic N) is 3. The molecule has 2 N–H and O–H groups in total. The van der Waals surface area contributed by atoms with Crippen LogP contribution in [0.3, 0.4) is 0 Å². The smallest absolute Gasteiger partial charge is 0.322 e. The molecule has 4 rings (SSSR count). The molecule has 0 aliphatic carbocycles. The zero-order chi connectivity index (χ0) is 23.6. The van der Waals surface area contributed by atoms with E-state index in [1.807, 2.05) is 38.1 Å². The summed E-state index contributed by atoms with van der Waals surface area (Å²) in [6.45, 7) is 7.06. The van der Waals surface area contributed by atoms with Crippen LogP contribution in [0, 0.1) is 0 Å². The van der Waals surface area contributed by atoms with Crippen LogP contribution < -0.4 is 19.5 Å². The minimum atomic E-state index is -3.87. The summed E-state index contributed by atoms with van der Waals surface area (Å²) in [5.74, 6) is 1.39. The second-order valence-corrected chi connectivity index (χ2v) is 9.55. The SMILES string of the molecule is CCc1ccc(OC)c(S(=O)(=O)N[C@H](C)c2nnc(Oc3ccc4c(c3)NCC4)n2CC)c1. The van der Waals surface area contributed by atoms with Gasteiger partial charge in [-0.2, -0.15) is 0 Å². The molecule has 0 fully saturated rings. The van der Waals surface area contributed by atoms with Crippen LogP contribution in [0.25, 0.3) is 0 Å². The minimum absolute atomic E-state index is 0.0980. The van der Waals surface area contributed by atoms with Crippen molar-refractivity contribution in [2.75, 3.05) is 19.0 Å². The second-order valence-electron chi connectivity index (χ2n) is 7.86. The van der Waals surface area contributed by atoms with E-state index in [2.05, 4.69) is 20.2 Å². The Morgan fingerprint density at radius 1 is 1.18 bits per heavy atom. The highest BCUT2D eigenvalue weighted by Crippen LogP contribution is 2.31. The number of ether oxygens (including phenoxy) is 2. The van der Waals surface area contributed by atoms with Gasteiger partial charge in [0, 0.05) is 24.8 Å². The highest BCUT2D eigenvalue weighted by molar-refractivity contribution is 7.89. The Kier molecular flexibility index (Phi) is 6.57. The quantitative estimate of drug-likeness (QED) is 0.490. The number of benzene rings is 2. The van der Waals surface area contributed by atoms with E-state index in [4.69, 9.17) is 9.47 Å². The molecule has 0 saturated heterocycles. The number of aromatic nitrogens is 3. The van der Waals surface area contributed by atoms with Crippen molar-refractivity contribution in [1.29, 1.82) is 0 Å². The number of nitrogens with one attached hydrogen (secondary N) is 2. The van der Waals surface area contributed by atoms with E-state index in [0.717, 1.165) is 24.2 Å². The van der Waals surface area contributed by atoms with Crippen LogP contribution in [0.1, 0.15) is 43.8 Å². The van der Waals surface area contributed by atoms with Crippen molar-refractivity contribution in [3.63, 3.8) is 0 Å². The van der Waals surface area contributed by atoms with Crippen LogP contribution in [0.15, 0.2) is 41.3 Å². The first-order chi connectivity index (χ1) is 15.9. The lowest BCUT2D eigenvalue weighted by Gasteiger charge is -2.17. The monoisotopic (exact) mass is 471 g/mol. The van der Waals surface area contributed by atoms with E-state index in [0.29, 0.717) is 30.5 Å². The van der Waals surface area contributed by atoms with Gasteiger partial charge in [0.1, 0.15) is 16.4 Å². The first-order valence-electron chi connectivity index (χ1n) is 11.0. The minimum Gasteiger partial charge on any atom is -0.495 e. The van der Waals surface area contributed by atoms with Crippen LogP contribution in [0.2, 0.25) is 0 Å². The van der Waals surface area contributed by atoms with Gasteiger partial charge in [0.25, 0.3) is 0 Å². The third kappa shape index (κ3) is 4.67. The van der Waals surface area contributed by atoms with E-state index < -0.39 is 16.1 Å². The maximum Gasteiger partial charge on any atom is 0.322 e. The van der Waals surface area contributed by atoms with E-state index in [-0.39, 0.29) is 10.6 Å². The third-order valence-corrected chi connectivity index (χ3v) is 7.27. The molecular weight excluding hydrogens is 442 g/mol. The predicted octanol–water partition coefficient (Wildman–Crippen LogP) is 3.67. The Morgan fingerprint density at radius 2 is 2.00 bits per heavy atom. The van der Waals surface area contributed by atoms with Crippen molar-refractivity contribution >= 4 is 15.7 Å². The first kappa shape index (κ1) is 23.1. The number of hydrogen-bond donors (Lipinski definition) is 2. The van der Waals surface area contributed by atoms with Crippen molar-refractivity contribution in [2.45, 2.75) is 51.1 Å². The van der Waals surface area contributed by atoms with Gasteiger partial charge in [0.05, 0.1) is 13.2 Å². The molecule has 0 unspecified atom stereocenters. The molecule has 10 heteroatoms. The number of anilines is 1. The van der Waals surface area contributed by atoms with Crippen molar-refractivity contribution in [3.8, 4) is 17.5 Å². The zero-order valence-electron chi connectivity index (χ0n) is 19.3. The summed E-state index contributed by atoms with van der Waals surface area (Å²) in [6.07, 6.45) is 1.71. The largest absolute Gasteiger partial charge is 0.495 e. The lowest BCUT2D eigenvalue weighted by Crippen LogP contribution is -2.29. The molecule has 1 aliphatic rings. The fourth-order valence-electron chi connectivity index (χ4n) is 3.93.